The first-order valence-electron chi connectivity index (χ1n) is 12.7. The monoisotopic (exact) mass is 511 g/mol. The number of hydrogen-bond donors (Lipinski definition) is 3. The van der Waals surface area contributed by atoms with E-state index < -0.39 is 35.6 Å². The third-order valence-corrected chi connectivity index (χ3v) is 6.04. The van der Waals surface area contributed by atoms with Gasteiger partial charge in [0.15, 0.2) is 0 Å². The second-order valence-electron chi connectivity index (χ2n) is 10.7. The number of anilines is 1. The summed E-state index contributed by atoms with van der Waals surface area (Å²) < 4.78 is 5.40. The molecule has 3 N–H and O–H groups in total. The van der Waals surface area contributed by atoms with Crippen LogP contribution in [0.2, 0.25) is 0 Å². The highest BCUT2D eigenvalue weighted by atomic mass is 16.6. The smallest absolute Gasteiger partial charge is 0.408 e. The lowest BCUT2D eigenvalue weighted by Crippen LogP contribution is -2.56. The zero-order valence-electron chi connectivity index (χ0n) is 23.2. The molecule has 3 amide bonds. The largest absolute Gasteiger partial charge is 0.508 e. The summed E-state index contributed by atoms with van der Waals surface area (Å²) in [5, 5.41) is 15.9. The Morgan fingerprint density at radius 3 is 2.22 bits per heavy atom. The number of ether oxygens (including phenoxy) is 1. The maximum atomic E-state index is 14.1. The molecular weight excluding hydrogens is 470 g/mol. The van der Waals surface area contributed by atoms with Crippen LogP contribution in [0.25, 0.3) is 0 Å². The number of nitrogens with one attached hydrogen (secondary N) is 2. The van der Waals surface area contributed by atoms with Gasteiger partial charge in [0.05, 0.1) is 0 Å². The molecule has 0 aliphatic carbocycles. The summed E-state index contributed by atoms with van der Waals surface area (Å²) in [6.07, 6.45) is -0.141. The Morgan fingerprint density at radius 2 is 1.68 bits per heavy atom. The lowest BCUT2D eigenvalue weighted by molar-refractivity contribution is -0.144. The lowest BCUT2D eigenvalue weighted by atomic mass is 9.96. The molecule has 2 aromatic rings. The van der Waals surface area contributed by atoms with Gasteiger partial charge in [-0.15, -0.1) is 0 Å². The highest BCUT2D eigenvalue weighted by Crippen LogP contribution is 2.30. The number of phenolic OH excluding ortho intramolecular Hbond substituents is 1. The number of rotatable bonds is 9. The second kappa shape index (κ2) is 12.6. The Balaban J connectivity index is 2.56. The minimum Gasteiger partial charge on any atom is -0.508 e. The summed E-state index contributed by atoms with van der Waals surface area (Å²) in [4.78, 5) is 42.1. The minimum atomic E-state index is -1.06. The van der Waals surface area contributed by atoms with Crippen molar-refractivity contribution in [2.24, 2.45) is 5.92 Å². The van der Waals surface area contributed by atoms with Gasteiger partial charge in [-0.3, -0.25) is 9.59 Å². The zero-order valence-corrected chi connectivity index (χ0v) is 23.2. The van der Waals surface area contributed by atoms with Gasteiger partial charge in [-0.05, 0) is 76.3 Å². The van der Waals surface area contributed by atoms with Crippen molar-refractivity contribution >= 4 is 23.6 Å². The number of hydrogen-bond acceptors (Lipinski definition) is 5. The number of aromatic hydroxyl groups is 1. The molecule has 0 bridgehead atoms. The molecular formula is C29H41N3O5. The van der Waals surface area contributed by atoms with Crippen molar-refractivity contribution in [2.45, 2.75) is 85.5 Å². The predicted molar refractivity (Wildman–Crippen MR) is 145 cm³/mol. The van der Waals surface area contributed by atoms with E-state index >= 15 is 0 Å². The van der Waals surface area contributed by atoms with E-state index in [2.05, 4.69) is 10.6 Å². The molecule has 0 heterocycles. The van der Waals surface area contributed by atoms with Gasteiger partial charge in [0.25, 0.3) is 5.91 Å². The number of alkyl carbamates (subject to hydrolysis) is 1. The van der Waals surface area contributed by atoms with Crippen molar-refractivity contribution in [2.75, 3.05) is 5.32 Å². The van der Waals surface area contributed by atoms with E-state index in [1.807, 2.05) is 52.8 Å². The highest BCUT2D eigenvalue weighted by molar-refractivity contribution is 5.99. The van der Waals surface area contributed by atoms with Crippen LogP contribution in [-0.4, -0.2) is 45.6 Å². The molecule has 0 spiro atoms. The summed E-state index contributed by atoms with van der Waals surface area (Å²) in [6, 6.07) is 11.4. The Labute approximate surface area is 220 Å². The number of aryl methyl sites for hydroxylation is 1. The normalized spacial score (nSPS) is 13.9. The molecule has 0 aliphatic rings. The predicted octanol–water partition coefficient (Wildman–Crippen LogP) is 5.56. The van der Waals surface area contributed by atoms with Gasteiger partial charge < -0.3 is 25.4 Å². The molecule has 8 heteroatoms. The molecule has 3 unspecified atom stereocenters. The molecule has 202 valence electrons. The third kappa shape index (κ3) is 8.23. The fourth-order valence-electron chi connectivity index (χ4n) is 3.95. The molecule has 2 aromatic carbocycles. The molecule has 0 aliphatic heterocycles. The van der Waals surface area contributed by atoms with Crippen molar-refractivity contribution < 1.29 is 24.2 Å². The van der Waals surface area contributed by atoms with Crippen LogP contribution in [0.15, 0.2) is 48.5 Å². The number of carbonyl (C=O) groups is 3. The fraction of sp³-hybridized carbons (Fsp3) is 0.483. The van der Waals surface area contributed by atoms with Crippen LogP contribution >= 0.6 is 0 Å². The molecule has 0 saturated heterocycles. The van der Waals surface area contributed by atoms with E-state index in [1.165, 1.54) is 17.0 Å². The first kappa shape index (κ1) is 29.7. The van der Waals surface area contributed by atoms with E-state index in [0.717, 1.165) is 5.56 Å². The van der Waals surface area contributed by atoms with Gasteiger partial charge in [0, 0.05) is 11.7 Å². The summed E-state index contributed by atoms with van der Waals surface area (Å²) >= 11 is 0. The van der Waals surface area contributed by atoms with Gasteiger partial charge in [-0.25, -0.2) is 4.79 Å². The van der Waals surface area contributed by atoms with E-state index in [1.54, 1.807) is 39.0 Å². The molecule has 0 saturated carbocycles. The number of benzene rings is 2. The van der Waals surface area contributed by atoms with Crippen molar-refractivity contribution in [3.63, 3.8) is 0 Å². The molecule has 0 fully saturated rings. The van der Waals surface area contributed by atoms with E-state index in [0.29, 0.717) is 17.7 Å². The van der Waals surface area contributed by atoms with Crippen LogP contribution in [0.1, 0.15) is 72.1 Å². The Kier molecular flexibility index (Phi) is 10.1. The number of carbonyl (C=O) groups excluding carboxylic acids is 3. The highest BCUT2D eigenvalue weighted by Gasteiger charge is 2.39. The Hall–Kier alpha value is -3.55. The minimum absolute atomic E-state index is 0.0185. The summed E-state index contributed by atoms with van der Waals surface area (Å²) in [5.74, 6) is -1.14. The SMILES string of the molecule is CCC(C)N(C(=O)C(NC(=O)OC(C)(C)C)C(C)C)C(C(=O)Nc1ccccc1C)c1cccc(O)c1. The lowest BCUT2D eigenvalue weighted by Gasteiger charge is -2.39. The average molecular weight is 512 g/mol. The van der Waals surface area contributed by atoms with Crippen molar-refractivity contribution in [3.8, 4) is 5.75 Å². The number of nitrogens with zero attached hydrogens (tertiary/aromatic N) is 1. The zero-order chi connectivity index (χ0) is 27.9. The molecule has 37 heavy (non-hydrogen) atoms. The summed E-state index contributed by atoms with van der Waals surface area (Å²) in [7, 11) is 0. The van der Waals surface area contributed by atoms with Gasteiger partial charge in [0.1, 0.15) is 23.4 Å². The fourth-order valence-corrected chi connectivity index (χ4v) is 3.95. The van der Waals surface area contributed by atoms with Crippen LogP contribution in [0.4, 0.5) is 10.5 Å². The summed E-state index contributed by atoms with van der Waals surface area (Å²) in [5.41, 5.74) is 1.22. The van der Waals surface area contributed by atoms with Crippen LogP contribution in [0.3, 0.4) is 0 Å². The number of para-hydroxylation sites is 1. The van der Waals surface area contributed by atoms with Crippen LogP contribution < -0.4 is 10.6 Å². The standard InChI is InChI=1S/C29H41N3O5/c1-9-20(5)32(27(35)24(18(2)3)31-28(36)37-29(6,7)8)25(21-14-12-15-22(33)17-21)26(34)30-23-16-11-10-13-19(23)4/h10-18,20,24-25,33H,9H2,1-8H3,(H,30,34)(H,31,36). The maximum Gasteiger partial charge on any atom is 0.408 e. The van der Waals surface area contributed by atoms with Gasteiger partial charge >= 0.3 is 6.09 Å². The Bertz CT molecular complexity index is 1090. The second-order valence-corrected chi connectivity index (χ2v) is 10.7. The topological polar surface area (TPSA) is 108 Å². The van der Waals surface area contributed by atoms with Crippen LogP contribution in [0.5, 0.6) is 5.75 Å². The van der Waals surface area contributed by atoms with Crippen molar-refractivity contribution in [3.05, 3.63) is 59.7 Å². The Morgan fingerprint density at radius 1 is 1.03 bits per heavy atom. The number of amides is 3. The molecule has 0 aromatic heterocycles. The maximum absolute atomic E-state index is 14.1. The first-order valence-corrected chi connectivity index (χ1v) is 12.7. The first-order chi connectivity index (χ1) is 17.2. The van der Waals surface area contributed by atoms with Gasteiger partial charge in [-0.1, -0.05) is 51.1 Å². The molecule has 0 radical (unpaired) electrons. The molecule has 3 atom stereocenters. The van der Waals surface area contributed by atoms with E-state index in [9.17, 15) is 19.5 Å². The quantitative estimate of drug-likeness (QED) is 0.409. The summed E-state index contributed by atoms with van der Waals surface area (Å²) in [6.45, 7) is 14.6. The van der Waals surface area contributed by atoms with E-state index in [-0.39, 0.29) is 17.7 Å². The molecule has 2 rings (SSSR count). The van der Waals surface area contributed by atoms with Crippen LogP contribution in [0, 0.1) is 12.8 Å². The van der Waals surface area contributed by atoms with Crippen molar-refractivity contribution in [1.82, 2.24) is 10.2 Å². The van der Waals surface area contributed by atoms with E-state index in [4.69, 9.17) is 4.74 Å². The number of phenols is 1. The van der Waals surface area contributed by atoms with Crippen LogP contribution in [-0.2, 0) is 14.3 Å². The average Bonchev–Trinajstić information content (AvgIpc) is 2.80. The third-order valence-electron chi connectivity index (χ3n) is 6.04. The van der Waals surface area contributed by atoms with Crippen molar-refractivity contribution in [1.29, 1.82) is 0 Å². The molecule has 8 nitrogen and oxygen atoms in total. The van der Waals surface area contributed by atoms with Gasteiger partial charge in [0.2, 0.25) is 5.91 Å². The van der Waals surface area contributed by atoms with Gasteiger partial charge in [-0.2, -0.15) is 0 Å².